The number of carbonyl (C=O) groups excluding carboxylic acids is 6. The van der Waals surface area contributed by atoms with E-state index in [1.54, 1.807) is 49.9 Å². The molecule has 16 nitrogen and oxygen atoms in total. The number of aromatic nitrogens is 2. The number of piperazine rings is 1. The van der Waals surface area contributed by atoms with Crippen molar-refractivity contribution in [2.75, 3.05) is 45.9 Å². The molecule has 2 aromatic carbocycles. The Hall–Kier alpha value is -5.93. The number of esters is 2. The second-order valence-electron chi connectivity index (χ2n) is 15.2. The average molecular weight is 803 g/mol. The number of para-hydroxylation sites is 1. The van der Waals surface area contributed by atoms with Gasteiger partial charge >= 0.3 is 18.0 Å². The molecular weight excluding hydrogens is 748 g/mol. The number of carbonyl (C=O) groups is 6. The first-order valence-corrected chi connectivity index (χ1v) is 19.8. The van der Waals surface area contributed by atoms with Gasteiger partial charge in [-0.1, -0.05) is 61.9 Å². The van der Waals surface area contributed by atoms with Crippen molar-refractivity contribution in [2.24, 2.45) is 0 Å². The number of hydrogen-bond donors (Lipinski definition) is 1. The van der Waals surface area contributed by atoms with Crippen LogP contribution in [0.1, 0.15) is 82.3 Å². The highest BCUT2D eigenvalue weighted by molar-refractivity contribution is 5.96. The van der Waals surface area contributed by atoms with Crippen molar-refractivity contribution < 1.29 is 47.7 Å². The number of nitrogens with one attached hydrogen (secondary N) is 1. The smallest absolute Gasteiger partial charge is 0.409 e. The largest absolute Gasteiger partial charge is 0.467 e. The summed E-state index contributed by atoms with van der Waals surface area (Å²) in [5.74, 6) is -2.53. The first-order chi connectivity index (χ1) is 27.8. The van der Waals surface area contributed by atoms with Gasteiger partial charge in [-0.05, 0) is 64.2 Å². The van der Waals surface area contributed by atoms with Crippen molar-refractivity contribution in [1.82, 2.24) is 29.8 Å². The molecule has 2 aliphatic rings. The summed E-state index contributed by atoms with van der Waals surface area (Å²) in [7, 11) is 0. The van der Waals surface area contributed by atoms with Crippen molar-refractivity contribution in [3.63, 3.8) is 0 Å². The van der Waals surface area contributed by atoms with Gasteiger partial charge in [0.05, 0.1) is 12.3 Å². The fourth-order valence-electron chi connectivity index (χ4n) is 6.55. The maximum atomic E-state index is 13.9. The van der Waals surface area contributed by atoms with E-state index in [0.29, 0.717) is 31.7 Å². The van der Waals surface area contributed by atoms with E-state index in [4.69, 9.17) is 18.9 Å². The molecule has 0 aliphatic carbocycles. The highest BCUT2D eigenvalue weighted by Gasteiger charge is 2.36. The minimum Gasteiger partial charge on any atom is -0.467 e. The van der Waals surface area contributed by atoms with E-state index < -0.39 is 60.0 Å². The molecule has 312 valence electrons. The zero-order valence-electron chi connectivity index (χ0n) is 33.7. The standard InChI is InChI=1S/C42H54N6O10/c1-5-6-26-55-41(54)46-24-22-45(23-25-46)39(52)32(19-20-37(50)58-42(2,3)4)43-38(51)33-27-36(48(44-33)31-16-11-8-12-17-31)56-29-35(49)47-21-13-18-34(47)40(53)57-28-30-14-9-7-10-15-30/h7-12,14-17,27,32,34H,5-6,13,18-26,28-29H2,1-4H3,(H,43,51). The number of nitrogens with zero attached hydrogens (tertiary/aromatic N) is 5. The predicted octanol–water partition coefficient (Wildman–Crippen LogP) is 4.29. The molecule has 5 rings (SSSR count). The maximum Gasteiger partial charge on any atom is 0.409 e. The molecule has 58 heavy (non-hydrogen) atoms. The van der Waals surface area contributed by atoms with E-state index in [1.807, 2.05) is 43.3 Å². The summed E-state index contributed by atoms with van der Waals surface area (Å²) < 4.78 is 23.7. The Kier molecular flexibility index (Phi) is 15.3. The van der Waals surface area contributed by atoms with E-state index in [1.165, 1.54) is 20.5 Å². The monoisotopic (exact) mass is 802 g/mol. The minimum absolute atomic E-state index is 0.0548. The molecular formula is C42H54N6O10. The molecule has 3 aromatic rings. The molecule has 2 saturated heterocycles. The Balaban J connectivity index is 1.27. The van der Waals surface area contributed by atoms with Gasteiger partial charge in [-0.3, -0.25) is 19.2 Å². The number of rotatable bonds is 16. The number of amides is 4. The highest BCUT2D eigenvalue weighted by Crippen LogP contribution is 2.23. The van der Waals surface area contributed by atoms with Crippen LogP contribution in [0.15, 0.2) is 66.7 Å². The summed E-state index contributed by atoms with van der Waals surface area (Å²) in [6.45, 7) is 8.45. The third-order valence-corrected chi connectivity index (χ3v) is 9.56. The van der Waals surface area contributed by atoms with Gasteiger partial charge in [0.2, 0.25) is 11.8 Å². The zero-order chi connectivity index (χ0) is 41.7. The predicted molar refractivity (Wildman–Crippen MR) is 211 cm³/mol. The molecule has 0 radical (unpaired) electrons. The zero-order valence-corrected chi connectivity index (χ0v) is 33.7. The lowest BCUT2D eigenvalue weighted by Gasteiger charge is -2.36. The molecule has 2 fully saturated rings. The van der Waals surface area contributed by atoms with Gasteiger partial charge in [-0.25, -0.2) is 14.3 Å². The summed E-state index contributed by atoms with van der Waals surface area (Å²) in [6, 6.07) is 17.6. The highest BCUT2D eigenvalue weighted by atomic mass is 16.6. The van der Waals surface area contributed by atoms with Gasteiger partial charge in [0.15, 0.2) is 12.3 Å². The van der Waals surface area contributed by atoms with Crippen molar-refractivity contribution in [3.8, 4) is 11.6 Å². The summed E-state index contributed by atoms with van der Waals surface area (Å²) in [5, 5.41) is 7.25. The summed E-state index contributed by atoms with van der Waals surface area (Å²) >= 11 is 0. The van der Waals surface area contributed by atoms with Crippen LogP contribution in [-0.2, 0) is 40.0 Å². The summed E-state index contributed by atoms with van der Waals surface area (Å²) in [5.41, 5.74) is 0.522. The lowest BCUT2D eigenvalue weighted by molar-refractivity contribution is -0.155. The molecule has 16 heteroatoms. The number of unbranched alkanes of at least 4 members (excludes halogenated alkanes) is 1. The van der Waals surface area contributed by atoms with Crippen LogP contribution in [0.25, 0.3) is 5.69 Å². The Morgan fingerprint density at radius 1 is 0.879 bits per heavy atom. The Bertz CT molecular complexity index is 1870. The van der Waals surface area contributed by atoms with E-state index in [0.717, 1.165) is 18.4 Å². The molecule has 4 amide bonds. The summed E-state index contributed by atoms with van der Waals surface area (Å²) in [6.07, 6.45) is 2.08. The number of benzene rings is 2. The fraction of sp³-hybridized carbons (Fsp3) is 0.500. The van der Waals surface area contributed by atoms with E-state index in [-0.39, 0.29) is 57.2 Å². The van der Waals surface area contributed by atoms with Crippen LogP contribution in [-0.4, -0.2) is 124 Å². The molecule has 2 atom stereocenters. The fourth-order valence-corrected chi connectivity index (χ4v) is 6.55. The minimum atomic E-state index is -1.13. The topological polar surface area (TPSA) is 179 Å². The van der Waals surface area contributed by atoms with Crippen LogP contribution >= 0.6 is 0 Å². The Labute approximate surface area is 338 Å². The molecule has 2 aliphatic heterocycles. The Morgan fingerprint density at radius 2 is 1.55 bits per heavy atom. The lowest BCUT2D eigenvalue weighted by atomic mass is 10.1. The van der Waals surface area contributed by atoms with Gasteiger partial charge in [0, 0.05) is 45.2 Å². The molecule has 1 N–H and O–H groups in total. The van der Waals surface area contributed by atoms with Crippen LogP contribution in [0.5, 0.6) is 5.88 Å². The lowest BCUT2D eigenvalue weighted by Crippen LogP contribution is -2.56. The number of ether oxygens (including phenoxy) is 4. The third kappa shape index (κ3) is 12.3. The van der Waals surface area contributed by atoms with Crippen LogP contribution in [0.2, 0.25) is 0 Å². The number of likely N-dealkylation sites (tertiary alicyclic amines) is 1. The molecule has 1 aromatic heterocycles. The second-order valence-corrected chi connectivity index (χ2v) is 15.2. The Morgan fingerprint density at radius 3 is 2.22 bits per heavy atom. The molecule has 0 spiro atoms. The third-order valence-electron chi connectivity index (χ3n) is 9.56. The van der Waals surface area contributed by atoms with E-state index >= 15 is 0 Å². The second kappa shape index (κ2) is 20.5. The number of hydrogen-bond acceptors (Lipinski definition) is 11. The average Bonchev–Trinajstić information content (AvgIpc) is 3.89. The maximum absolute atomic E-state index is 13.9. The normalized spacial score (nSPS) is 16.0. The van der Waals surface area contributed by atoms with Gasteiger partial charge in [0.25, 0.3) is 11.8 Å². The van der Waals surface area contributed by atoms with Crippen molar-refractivity contribution in [3.05, 3.63) is 78.0 Å². The first kappa shape index (κ1) is 43.2. The quantitative estimate of drug-likeness (QED) is 0.124. The van der Waals surface area contributed by atoms with Crippen LogP contribution in [0, 0.1) is 0 Å². The van der Waals surface area contributed by atoms with Crippen molar-refractivity contribution in [2.45, 2.75) is 90.5 Å². The van der Waals surface area contributed by atoms with Crippen LogP contribution in [0.3, 0.4) is 0 Å². The van der Waals surface area contributed by atoms with E-state index in [2.05, 4.69) is 10.4 Å². The molecule has 0 saturated carbocycles. The van der Waals surface area contributed by atoms with Crippen molar-refractivity contribution >= 4 is 35.8 Å². The van der Waals surface area contributed by atoms with Gasteiger partial charge in [-0.15, -0.1) is 0 Å². The SMILES string of the molecule is CCCCOC(=O)N1CCN(C(=O)C(CCC(=O)OC(C)(C)C)NC(=O)c2cc(OCC(=O)N3CCCC3C(=O)OCc3ccccc3)n(-c3ccccc3)n2)CC1. The van der Waals surface area contributed by atoms with Gasteiger partial charge in [-0.2, -0.15) is 5.10 Å². The molecule has 2 unspecified atom stereocenters. The molecule has 3 heterocycles. The van der Waals surface area contributed by atoms with Gasteiger partial charge in [0.1, 0.15) is 24.3 Å². The van der Waals surface area contributed by atoms with E-state index in [9.17, 15) is 28.8 Å². The van der Waals surface area contributed by atoms with Crippen LogP contribution < -0.4 is 10.1 Å². The summed E-state index contributed by atoms with van der Waals surface area (Å²) in [4.78, 5) is 84.0. The van der Waals surface area contributed by atoms with Crippen molar-refractivity contribution in [1.29, 1.82) is 0 Å². The molecule has 0 bridgehead atoms. The van der Waals surface area contributed by atoms with Crippen LogP contribution in [0.4, 0.5) is 4.79 Å². The first-order valence-electron chi connectivity index (χ1n) is 19.8. The van der Waals surface area contributed by atoms with Gasteiger partial charge < -0.3 is 39.0 Å².